The standard InChI is InChI=1S/C14H22N2O/c1-15-8-5-11(6-9-15)16-10-7-12-13(16)3-2-4-14(12)17/h7,10-11,14,17H,2-6,8-9H2,1H3. The van der Waals surface area contributed by atoms with Gasteiger partial charge in [-0.3, -0.25) is 0 Å². The van der Waals surface area contributed by atoms with Gasteiger partial charge in [-0.15, -0.1) is 0 Å². The summed E-state index contributed by atoms with van der Waals surface area (Å²) in [7, 11) is 2.20. The third kappa shape index (κ3) is 2.02. The number of aliphatic hydroxyl groups excluding tert-OH is 1. The molecular weight excluding hydrogens is 212 g/mol. The van der Waals surface area contributed by atoms with E-state index in [0.717, 1.165) is 19.3 Å². The number of aromatic nitrogens is 1. The van der Waals surface area contributed by atoms with Crippen molar-refractivity contribution in [2.75, 3.05) is 20.1 Å². The number of nitrogens with zero attached hydrogens (tertiary/aromatic N) is 2. The van der Waals surface area contributed by atoms with Crippen molar-refractivity contribution in [2.24, 2.45) is 0 Å². The second-order valence-electron chi connectivity index (χ2n) is 5.57. The van der Waals surface area contributed by atoms with Gasteiger partial charge in [0.1, 0.15) is 0 Å². The first-order valence-corrected chi connectivity index (χ1v) is 6.82. The van der Waals surface area contributed by atoms with Crippen LogP contribution in [-0.2, 0) is 6.42 Å². The summed E-state index contributed by atoms with van der Waals surface area (Å²) >= 11 is 0. The predicted octanol–water partition coefficient (Wildman–Crippen LogP) is 2.12. The highest BCUT2D eigenvalue weighted by Crippen LogP contribution is 2.34. The number of piperidine rings is 1. The Balaban J connectivity index is 1.84. The fourth-order valence-electron chi connectivity index (χ4n) is 3.31. The van der Waals surface area contributed by atoms with Crippen LogP contribution in [0.25, 0.3) is 0 Å². The zero-order valence-corrected chi connectivity index (χ0v) is 10.6. The minimum atomic E-state index is -0.216. The lowest BCUT2D eigenvalue weighted by Crippen LogP contribution is -2.32. The number of rotatable bonds is 1. The molecule has 1 unspecified atom stereocenters. The summed E-state index contributed by atoms with van der Waals surface area (Å²) < 4.78 is 2.45. The first-order chi connectivity index (χ1) is 8.25. The second-order valence-corrected chi connectivity index (χ2v) is 5.57. The van der Waals surface area contributed by atoms with Gasteiger partial charge in [0.2, 0.25) is 0 Å². The molecule has 17 heavy (non-hydrogen) atoms. The van der Waals surface area contributed by atoms with E-state index in [2.05, 4.69) is 28.8 Å². The van der Waals surface area contributed by atoms with Crippen LogP contribution in [0.3, 0.4) is 0 Å². The molecular formula is C14H22N2O. The van der Waals surface area contributed by atoms with Gasteiger partial charge < -0.3 is 14.6 Å². The highest BCUT2D eigenvalue weighted by molar-refractivity contribution is 5.28. The molecule has 0 aromatic carbocycles. The third-order valence-electron chi connectivity index (χ3n) is 4.39. The molecule has 3 rings (SSSR count). The number of aliphatic hydroxyl groups is 1. The molecule has 0 amide bonds. The minimum Gasteiger partial charge on any atom is -0.388 e. The predicted molar refractivity (Wildman–Crippen MR) is 68.1 cm³/mol. The summed E-state index contributed by atoms with van der Waals surface area (Å²) in [5, 5.41) is 9.99. The van der Waals surface area contributed by atoms with Gasteiger partial charge >= 0.3 is 0 Å². The van der Waals surface area contributed by atoms with Crippen LogP contribution in [0.4, 0.5) is 0 Å². The van der Waals surface area contributed by atoms with E-state index >= 15 is 0 Å². The van der Waals surface area contributed by atoms with Gasteiger partial charge in [-0.1, -0.05) is 0 Å². The average molecular weight is 234 g/mol. The van der Waals surface area contributed by atoms with Crippen LogP contribution in [-0.4, -0.2) is 34.7 Å². The maximum Gasteiger partial charge on any atom is 0.0807 e. The topological polar surface area (TPSA) is 28.4 Å². The Morgan fingerprint density at radius 1 is 1.24 bits per heavy atom. The van der Waals surface area contributed by atoms with Crippen LogP contribution in [0, 0.1) is 0 Å². The Morgan fingerprint density at radius 3 is 2.76 bits per heavy atom. The highest BCUT2D eigenvalue weighted by atomic mass is 16.3. The zero-order chi connectivity index (χ0) is 11.8. The summed E-state index contributed by atoms with van der Waals surface area (Å²) in [5.41, 5.74) is 2.59. The molecule has 3 heteroatoms. The van der Waals surface area contributed by atoms with Crippen molar-refractivity contribution in [1.29, 1.82) is 0 Å². The van der Waals surface area contributed by atoms with Gasteiger partial charge in [0, 0.05) is 23.5 Å². The molecule has 0 spiro atoms. The lowest BCUT2D eigenvalue weighted by atomic mass is 9.94. The van der Waals surface area contributed by atoms with Gasteiger partial charge in [0.25, 0.3) is 0 Å². The largest absolute Gasteiger partial charge is 0.388 e. The summed E-state index contributed by atoms with van der Waals surface area (Å²) in [5.74, 6) is 0. The Labute approximate surface area is 103 Å². The molecule has 1 aromatic heterocycles. The van der Waals surface area contributed by atoms with Crippen molar-refractivity contribution in [3.8, 4) is 0 Å². The van der Waals surface area contributed by atoms with Crippen molar-refractivity contribution in [3.63, 3.8) is 0 Å². The van der Waals surface area contributed by atoms with Gasteiger partial charge in [-0.25, -0.2) is 0 Å². The highest BCUT2D eigenvalue weighted by Gasteiger charge is 2.25. The molecule has 1 N–H and O–H groups in total. The van der Waals surface area contributed by atoms with Crippen molar-refractivity contribution < 1.29 is 5.11 Å². The summed E-state index contributed by atoms with van der Waals surface area (Å²) in [4.78, 5) is 2.40. The first kappa shape index (κ1) is 11.3. The van der Waals surface area contributed by atoms with E-state index in [4.69, 9.17) is 0 Å². The van der Waals surface area contributed by atoms with Gasteiger partial charge in [-0.05, 0) is 58.3 Å². The third-order valence-corrected chi connectivity index (χ3v) is 4.39. The van der Waals surface area contributed by atoms with Crippen molar-refractivity contribution >= 4 is 0 Å². The molecule has 1 aliphatic carbocycles. The Morgan fingerprint density at radius 2 is 2.00 bits per heavy atom. The molecule has 2 aliphatic rings. The van der Waals surface area contributed by atoms with Crippen LogP contribution in [0.2, 0.25) is 0 Å². The molecule has 0 radical (unpaired) electrons. The number of hydrogen-bond donors (Lipinski definition) is 1. The molecule has 0 saturated carbocycles. The monoisotopic (exact) mass is 234 g/mol. The summed E-state index contributed by atoms with van der Waals surface area (Å²) in [6.45, 7) is 2.39. The zero-order valence-electron chi connectivity index (χ0n) is 10.6. The summed E-state index contributed by atoms with van der Waals surface area (Å²) in [6, 6.07) is 2.79. The lowest BCUT2D eigenvalue weighted by molar-refractivity contribution is 0.154. The van der Waals surface area contributed by atoms with E-state index in [1.807, 2.05) is 0 Å². The molecule has 1 saturated heterocycles. The second kappa shape index (κ2) is 4.46. The molecule has 1 fully saturated rings. The van der Waals surface area contributed by atoms with Crippen LogP contribution in [0.5, 0.6) is 0 Å². The normalized spacial score (nSPS) is 27.1. The Bertz CT molecular complexity index is 391. The quantitative estimate of drug-likeness (QED) is 0.806. The van der Waals surface area contributed by atoms with Crippen LogP contribution >= 0.6 is 0 Å². The summed E-state index contributed by atoms with van der Waals surface area (Å²) in [6.07, 6.45) is 7.68. The van der Waals surface area contributed by atoms with Gasteiger partial charge in [-0.2, -0.15) is 0 Å². The van der Waals surface area contributed by atoms with Crippen LogP contribution in [0.1, 0.15) is 49.1 Å². The van der Waals surface area contributed by atoms with E-state index in [1.54, 1.807) is 0 Å². The van der Waals surface area contributed by atoms with Crippen molar-refractivity contribution in [1.82, 2.24) is 9.47 Å². The Kier molecular flexibility index (Phi) is 2.97. The molecule has 1 atom stereocenters. The lowest BCUT2D eigenvalue weighted by Gasteiger charge is -2.32. The number of likely N-dealkylation sites (tertiary alicyclic amines) is 1. The fourth-order valence-corrected chi connectivity index (χ4v) is 3.31. The maximum atomic E-state index is 9.99. The van der Waals surface area contributed by atoms with E-state index in [1.165, 1.54) is 37.2 Å². The molecule has 94 valence electrons. The molecule has 3 nitrogen and oxygen atoms in total. The van der Waals surface area contributed by atoms with Crippen LogP contribution < -0.4 is 0 Å². The molecule has 1 aliphatic heterocycles. The van der Waals surface area contributed by atoms with E-state index < -0.39 is 0 Å². The van der Waals surface area contributed by atoms with E-state index in [9.17, 15) is 5.11 Å². The van der Waals surface area contributed by atoms with E-state index in [0.29, 0.717) is 6.04 Å². The number of hydrogen-bond acceptors (Lipinski definition) is 2. The minimum absolute atomic E-state index is 0.216. The smallest absolute Gasteiger partial charge is 0.0807 e. The van der Waals surface area contributed by atoms with Crippen molar-refractivity contribution in [2.45, 2.75) is 44.2 Å². The molecule has 1 aromatic rings. The molecule has 0 bridgehead atoms. The van der Waals surface area contributed by atoms with Crippen LogP contribution in [0.15, 0.2) is 12.3 Å². The first-order valence-electron chi connectivity index (χ1n) is 6.82. The fraction of sp³-hybridized carbons (Fsp3) is 0.714. The van der Waals surface area contributed by atoms with Crippen molar-refractivity contribution in [3.05, 3.63) is 23.5 Å². The number of fused-ring (bicyclic) bond motifs is 1. The maximum absolute atomic E-state index is 9.99. The Hall–Kier alpha value is -0.800. The molecule has 2 heterocycles. The average Bonchev–Trinajstić information content (AvgIpc) is 2.75. The van der Waals surface area contributed by atoms with Gasteiger partial charge in [0.15, 0.2) is 0 Å². The van der Waals surface area contributed by atoms with Gasteiger partial charge in [0.05, 0.1) is 6.10 Å². The van der Waals surface area contributed by atoms with E-state index in [-0.39, 0.29) is 6.10 Å². The SMILES string of the molecule is CN1CCC(n2ccc3c2CCCC3O)CC1.